The van der Waals surface area contributed by atoms with Crippen LogP contribution in [-0.4, -0.2) is 22.8 Å². The van der Waals surface area contributed by atoms with Crippen molar-refractivity contribution < 1.29 is 14.4 Å². The molecule has 4 rings (SSSR count). The predicted octanol–water partition coefficient (Wildman–Crippen LogP) is 1.62. The maximum absolute atomic E-state index is 13.1. The molecule has 2 N–H and O–H groups in total. The van der Waals surface area contributed by atoms with Gasteiger partial charge in [-0.25, -0.2) is 9.78 Å². The molecule has 1 aromatic carbocycles. The highest BCUT2D eigenvalue weighted by Gasteiger charge is 2.61. The minimum Gasteiger partial charge on any atom is -0.312 e. The standard InChI is InChI=1S/C17H13ClN4O3/c1-9-2-4-12-11(6-9)17(14(23)20-16(25)21-17)15(24)22(12)8-10-3-5-13(18)19-7-10/h2-7H,8H2,1H3,(H2,20,21,23,25). The zero-order valence-electron chi connectivity index (χ0n) is 13.2. The van der Waals surface area contributed by atoms with E-state index >= 15 is 0 Å². The van der Waals surface area contributed by atoms with Crippen molar-refractivity contribution in [3.63, 3.8) is 0 Å². The predicted molar refractivity (Wildman–Crippen MR) is 90.0 cm³/mol. The van der Waals surface area contributed by atoms with Crippen LogP contribution in [0.25, 0.3) is 0 Å². The number of rotatable bonds is 2. The van der Waals surface area contributed by atoms with Gasteiger partial charge in [0.1, 0.15) is 5.15 Å². The van der Waals surface area contributed by atoms with Crippen molar-refractivity contribution in [2.75, 3.05) is 4.90 Å². The number of carbonyl (C=O) groups is 3. The molecular weight excluding hydrogens is 344 g/mol. The van der Waals surface area contributed by atoms with Crippen molar-refractivity contribution in [2.24, 2.45) is 0 Å². The molecule has 1 unspecified atom stereocenters. The Morgan fingerprint density at radius 3 is 2.64 bits per heavy atom. The second kappa shape index (κ2) is 5.29. The summed E-state index contributed by atoms with van der Waals surface area (Å²) in [5.74, 6) is -1.16. The Balaban J connectivity index is 1.82. The fourth-order valence-electron chi connectivity index (χ4n) is 3.25. The molecule has 1 aromatic heterocycles. The second-order valence-electron chi connectivity index (χ2n) is 6.06. The summed E-state index contributed by atoms with van der Waals surface area (Å²) in [5, 5.41) is 5.03. The van der Waals surface area contributed by atoms with E-state index in [2.05, 4.69) is 15.6 Å². The van der Waals surface area contributed by atoms with E-state index in [0.717, 1.165) is 11.1 Å². The van der Waals surface area contributed by atoms with Crippen LogP contribution in [0.15, 0.2) is 36.5 Å². The number of aryl methyl sites for hydroxylation is 1. The molecule has 0 bridgehead atoms. The quantitative estimate of drug-likeness (QED) is 0.486. The number of benzene rings is 1. The molecule has 8 heteroatoms. The number of hydrogen-bond donors (Lipinski definition) is 2. The number of nitrogens with zero attached hydrogens (tertiary/aromatic N) is 2. The molecule has 2 aromatic rings. The molecule has 1 spiro atoms. The van der Waals surface area contributed by atoms with Gasteiger partial charge in [-0.2, -0.15) is 0 Å². The van der Waals surface area contributed by atoms with E-state index in [4.69, 9.17) is 11.6 Å². The number of aromatic nitrogens is 1. The molecular formula is C17H13ClN4O3. The first-order valence-electron chi connectivity index (χ1n) is 7.59. The minimum absolute atomic E-state index is 0.212. The monoisotopic (exact) mass is 356 g/mol. The topological polar surface area (TPSA) is 91.4 Å². The van der Waals surface area contributed by atoms with E-state index < -0.39 is 23.4 Å². The second-order valence-corrected chi connectivity index (χ2v) is 6.45. The first-order chi connectivity index (χ1) is 11.9. The summed E-state index contributed by atoms with van der Waals surface area (Å²) in [5.41, 5.74) is 0.991. The smallest absolute Gasteiger partial charge is 0.312 e. The van der Waals surface area contributed by atoms with E-state index in [1.54, 1.807) is 30.5 Å². The molecule has 3 heterocycles. The van der Waals surface area contributed by atoms with Gasteiger partial charge < -0.3 is 10.2 Å². The van der Waals surface area contributed by atoms with Crippen molar-refractivity contribution >= 4 is 35.1 Å². The number of fused-ring (bicyclic) bond motifs is 2. The van der Waals surface area contributed by atoms with E-state index in [1.165, 1.54) is 4.90 Å². The van der Waals surface area contributed by atoms with Gasteiger partial charge in [0, 0.05) is 11.8 Å². The number of imide groups is 1. The fraction of sp³-hybridized carbons (Fsp3) is 0.176. The van der Waals surface area contributed by atoms with Gasteiger partial charge >= 0.3 is 6.03 Å². The number of amides is 4. The normalized spacial score (nSPS) is 21.5. The largest absolute Gasteiger partial charge is 0.323 e. The Labute approximate surface area is 148 Å². The number of pyridine rings is 1. The van der Waals surface area contributed by atoms with Crippen molar-refractivity contribution in [1.82, 2.24) is 15.6 Å². The Kier molecular flexibility index (Phi) is 3.30. The summed E-state index contributed by atoms with van der Waals surface area (Å²) < 4.78 is 0. The Hall–Kier alpha value is -2.93. The van der Waals surface area contributed by atoms with E-state index in [0.29, 0.717) is 16.4 Å². The lowest BCUT2D eigenvalue weighted by atomic mass is 9.90. The van der Waals surface area contributed by atoms with Crippen molar-refractivity contribution in [2.45, 2.75) is 19.0 Å². The highest BCUT2D eigenvalue weighted by molar-refractivity contribution is 6.29. The van der Waals surface area contributed by atoms with E-state index in [9.17, 15) is 14.4 Å². The number of anilines is 1. The lowest BCUT2D eigenvalue weighted by molar-refractivity contribution is -0.134. The van der Waals surface area contributed by atoms with Gasteiger partial charge in [-0.05, 0) is 24.6 Å². The van der Waals surface area contributed by atoms with Crippen LogP contribution in [0.4, 0.5) is 10.5 Å². The minimum atomic E-state index is -1.71. The molecule has 0 saturated carbocycles. The van der Waals surface area contributed by atoms with Gasteiger partial charge in [-0.1, -0.05) is 35.4 Å². The Morgan fingerprint density at radius 2 is 2.00 bits per heavy atom. The molecule has 4 amide bonds. The third-order valence-corrected chi connectivity index (χ3v) is 4.63. The lowest BCUT2D eigenvalue weighted by Crippen LogP contribution is -2.52. The first kappa shape index (κ1) is 15.6. The van der Waals surface area contributed by atoms with Gasteiger partial charge in [0.15, 0.2) is 0 Å². The number of halogens is 1. The molecule has 2 aliphatic heterocycles. The molecule has 7 nitrogen and oxygen atoms in total. The van der Waals surface area contributed by atoms with E-state index in [-0.39, 0.29) is 6.54 Å². The molecule has 0 aliphatic carbocycles. The third-order valence-electron chi connectivity index (χ3n) is 4.41. The summed E-state index contributed by atoms with van der Waals surface area (Å²) in [6.07, 6.45) is 1.57. The maximum Gasteiger partial charge on any atom is 0.323 e. The number of nitrogens with one attached hydrogen (secondary N) is 2. The van der Waals surface area contributed by atoms with Crippen molar-refractivity contribution in [3.8, 4) is 0 Å². The number of carbonyl (C=O) groups excluding carboxylic acids is 3. The first-order valence-corrected chi connectivity index (χ1v) is 7.97. The summed E-state index contributed by atoms with van der Waals surface area (Å²) in [7, 11) is 0. The lowest BCUT2D eigenvalue weighted by Gasteiger charge is -2.21. The van der Waals surface area contributed by atoms with Crippen LogP contribution < -0.4 is 15.5 Å². The molecule has 0 radical (unpaired) electrons. The molecule has 2 aliphatic rings. The zero-order valence-corrected chi connectivity index (χ0v) is 13.9. The van der Waals surface area contributed by atoms with Crippen molar-refractivity contribution in [3.05, 3.63) is 58.4 Å². The molecule has 1 atom stereocenters. The highest BCUT2D eigenvalue weighted by atomic mass is 35.5. The van der Waals surface area contributed by atoms with Gasteiger partial charge in [0.2, 0.25) is 5.54 Å². The number of urea groups is 1. The summed E-state index contributed by atoms with van der Waals surface area (Å²) in [6, 6.07) is 8.09. The van der Waals surface area contributed by atoms with Gasteiger partial charge in [-0.3, -0.25) is 14.9 Å². The summed E-state index contributed by atoms with van der Waals surface area (Å²) >= 11 is 5.80. The average Bonchev–Trinajstić information content (AvgIpc) is 2.99. The zero-order chi connectivity index (χ0) is 17.8. The Morgan fingerprint density at radius 1 is 1.20 bits per heavy atom. The maximum atomic E-state index is 13.1. The Bertz CT molecular complexity index is 928. The van der Waals surface area contributed by atoms with Gasteiger partial charge in [0.25, 0.3) is 11.8 Å². The van der Waals surface area contributed by atoms with Crippen LogP contribution in [-0.2, 0) is 21.7 Å². The molecule has 126 valence electrons. The summed E-state index contributed by atoms with van der Waals surface area (Å²) in [4.78, 5) is 42.8. The fourth-order valence-corrected chi connectivity index (χ4v) is 3.36. The van der Waals surface area contributed by atoms with Crippen LogP contribution in [0, 0.1) is 6.92 Å². The van der Waals surface area contributed by atoms with Gasteiger partial charge in [-0.15, -0.1) is 0 Å². The average molecular weight is 357 g/mol. The van der Waals surface area contributed by atoms with E-state index in [1.807, 2.05) is 13.0 Å². The molecule has 1 saturated heterocycles. The van der Waals surface area contributed by atoms with Crippen LogP contribution in [0.1, 0.15) is 16.7 Å². The van der Waals surface area contributed by atoms with Crippen molar-refractivity contribution in [1.29, 1.82) is 0 Å². The molecule has 25 heavy (non-hydrogen) atoms. The summed E-state index contributed by atoms with van der Waals surface area (Å²) in [6.45, 7) is 2.07. The molecule has 1 fully saturated rings. The van der Waals surface area contributed by atoms with Gasteiger partial charge in [0.05, 0.1) is 12.2 Å². The van der Waals surface area contributed by atoms with Crippen LogP contribution >= 0.6 is 11.6 Å². The van der Waals surface area contributed by atoms with Crippen LogP contribution in [0.3, 0.4) is 0 Å². The number of hydrogen-bond acceptors (Lipinski definition) is 4. The SMILES string of the molecule is Cc1ccc2c(c1)C1(NC(=O)NC1=O)C(=O)N2Cc1ccc(Cl)nc1. The third kappa shape index (κ3) is 2.20. The van der Waals surface area contributed by atoms with Crippen LogP contribution in [0.5, 0.6) is 0 Å². The van der Waals surface area contributed by atoms with Crippen LogP contribution in [0.2, 0.25) is 5.15 Å². The highest BCUT2D eigenvalue weighted by Crippen LogP contribution is 2.43.